The van der Waals surface area contributed by atoms with E-state index < -0.39 is 4.92 Å². The second kappa shape index (κ2) is 8.23. The Bertz CT molecular complexity index is 1280. The highest BCUT2D eigenvalue weighted by atomic mass is 16.6. The van der Waals surface area contributed by atoms with Crippen LogP contribution >= 0.6 is 0 Å². The number of ether oxygens (including phenoxy) is 1. The molecule has 1 saturated heterocycles. The molecule has 162 valence electrons. The molecule has 0 unspecified atom stereocenters. The third kappa shape index (κ3) is 3.60. The first-order chi connectivity index (χ1) is 15.6. The summed E-state index contributed by atoms with van der Waals surface area (Å²) in [6.07, 6.45) is 3.23. The normalized spacial score (nSPS) is 14.5. The van der Waals surface area contributed by atoms with Gasteiger partial charge in [-0.05, 0) is 50.2 Å². The lowest BCUT2D eigenvalue weighted by molar-refractivity contribution is -0.385. The van der Waals surface area contributed by atoms with Crippen molar-refractivity contribution < 1.29 is 9.66 Å². The van der Waals surface area contributed by atoms with Crippen LogP contribution in [0.4, 0.5) is 11.5 Å². The molecule has 2 aromatic carbocycles. The van der Waals surface area contributed by atoms with Crippen molar-refractivity contribution in [1.29, 1.82) is 0 Å². The van der Waals surface area contributed by atoms with Gasteiger partial charge in [-0.1, -0.05) is 18.2 Å². The third-order valence-electron chi connectivity index (χ3n) is 5.57. The van der Waals surface area contributed by atoms with Gasteiger partial charge in [-0.15, -0.1) is 0 Å². The quantitative estimate of drug-likeness (QED) is 0.361. The lowest BCUT2D eigenvalue weighted by Crippen LogP contribution is -2.30. The van der Waals surface area contributed by atoms with Crippen molar-refractivity contribution >= 4 is 22.5 Å². The number of hydrogen-bond donors (Lipinski definition) is 2. The molecule has 0 spiro atoms. The molecule has 1 aliphatic rings. The van der Waals surface area contributed by atoms with Gasteiger partial charge < -0.3 is 15.8 Å². The number of aromatic nitrogens is 4. The highest BCUT2D eigenvalue weighted by Gasteiger charge is 2.25. The number of nitro benzene ring substituents is 1. The van der Waals surface area contributed by atoms with Crippen LogP contribution in [0.2, 0.25) is 0 Å². The SMILES string of the molecule is Nc1ncnc2c1c(-c1ccc(Oc3ccccc3)c([N+](=O)[O-])c1)nn2C1CCNCC1. The Labute approximate surface area is 183 Å². The van der Waals surface area contributed by atoms with Crippen LogP contribution in [0.1, 0.15) is 18.9 Å². The van der Waals surface area contributed by atoms with Gasteiger partial charge in [0.05, 0.1) is 16.4 Å². The monoisotopic (exact) mass is 431 g/mol. The van der Waals surface area contributed by atoms with Gasteiger partial charge in [-0.2, -0.15) is 5.10 Å². The number of nitrogen functional groups attached to an aromatic ring is 1. The van der Waals surface area contributed by atoms with Crippen molar-refractivity contribution in [3.63, 3.8) is 0 Å². The number of anilines is 1. The van der Waals surface area contributed by atoms with Gasteiger partial charge in [-0.3, -0.25) is 10.1 Å². The Kier molecular flexibility index (Phi) is 5.12. The first-order valence-electron chi connectivity index (χ1n) is 10.3. The molecule has 32 heavy (non-hydrogen) atoms. The third-order valence-corrected chi connectivity index (χ3v) is 5.57. The first kappa shape index (κ1) is 19.9. The molecule has 0 radical (unpaired) electrons. The van der Waals surface area contributed by atoms with E-state index in [0.717, 1.165) is 25.9 Å². The molecule has 3 N–H and O–H groups in total. The van der Waals surface area contributed by atoms with Crippen LogP contribution < -0.4 is 15.8 Å². The van der Waals surface area contributed by atoms with Crippen LogP contribution in [0, 0.1) is 10.1 Å². The largest absolute Gasteiger partial charge is 0.450 e. The minimum atomic E-state index is -0.465. The molecular formula is C22H21N7O3. The topological polar surface area (TPSA) is 134 Å². The first-order valence-corrected chi connectivity index (χ1v) is 10.3. The van der Waals surface area contributed by atoms with E-state index >= 15 is 0 Å². The van der Waals surface area contributed by atoms with Gasteiger partial charge in [0.1, 0.15) is 23.6 Å². The van der Waals surface area contributed by atoms with Crippen LogP contribution in [-0.2, 0) is 0 Å². The maximum absolute atomic E-state index is 11.8. The number of benzene rings is 2. The average molecular weight is 431 g/mol. The van der Waals surface area contributed by atoms with Crippen molar-refractivity contribution in [2.24, 2.45) is 0 Å². The van der Waals surface area contributed by atoms with Crippen LogP contribution in [0.25, 0.3) is 22.3 Å². The van der Waals surface area contributed by atoms with E-state index in [9.17, 15) is 10.1 Å². The van der Waals surface area contributed by atoms with Crippen molar-refractivity contribution in [3.05, 3.63) is 65.0 Å². The Morgan fingerprint density at radius 1 is 1.12 bits per heavy atom. The van der Waals surface area contributed by atoms with Gasteiger partial charge in [0.25, 0.3) is 0 Å². The molecular weight excluding hydrogens is 410 g/mol. The van der Waals surface area contributed by atoms with Crippen molar-refractivity contribution in [1.82, 2.24) is 25.1 Å². The number of para-hydroxylation sites is 1. The van der Waals surface area contributed by atoms with Gasteiger partial charge in [0, 0.05) is 11.6 Å². The molecule has 4 aromatic rings. The van der Waals surface area contributed by atoms with Crippen LogP contribution in [-0.4, -0.2) is 37.8 Å². The highest BCUT2D eigenvalue weighted by Crippen LogP contribution is 2.38. The zero-order valence-corrected chi connectivity index (χ0v) is 17.1. The second-order valence-corrected chi connectivity index (χ2v) is 7.59. The summed E-state index contributed by atoms with van der Waals surface area (Å²) in [6.45, 7) is 1.78. The molecule has 0 atom stereocenters. The highest BCUT2D eigenvalue weighted by molar-refractivity contribution is 5.98. The summed E-state index contributed by atoms with van der Waals surface area (Å²) in [5, 5.41) is 20.6. The summed E-state index contributed by atoms with van der Waals surface area (Å²) in [5.74, 6) is 0.954. The average Bonchev–Trinajstić information content (AvgIpc) is 3.21. The Morgan fingerprint density at radius 2 is 1.91 bits per heavy atom. The van der Waals surface area contributed by atoms with Crippen LogP contribution in [0.5, 0.6) is 11.5 Å². The Morgan fingerprint density at radius 3 is 2.66 bits per heavy atom. The summed E-state index contributed by atoms with van der Waals surface area (Å²) in [5.41, 5.74) is 7.73. The summed E-state index contributed by atoms with van der Waals surface area (Å²) in [6, 6.07) is 13.9. The fourth-order valence-corrected chi connectivity index (χ4v) is 4.01. The molecule has 0 bridgehead atoms. The molecule has 3 heterocycles. The fourth-order valence-electron chi connectivity index (χ4n) is 4.01. The minimum Gasteiger partial charge on any atom is -0.450 e. The minimum absolute atomic E-state index is 0.149. The maximum Gasteiger partial charge on any atom is 0.312 e. The molecule has 10 heteroatoms. The molecule has 0 saturated carbocycles. The summed E-state index contributed by atoms with van der Waals surface area (Å²) in [7, 11) is 0. The van der Waals surface area contributed by atoms with Gasteiger partial charge in [-0.25, -0.2) is 14.6 Å². The molecule has 2 aromatic heterocycles. The number of nitrogens with one attached hydrogen (secondary N) is 1. The van der Waals surface area contributed by atoms with Gasteiger partial charge >= 0.3 is 5.69 Å². The van der Waals surface area contributed by atoms with E-state index in [2.05, 4.69) is 15.3 Å². The van der Waals surface area contributed by atoms with Crippen molar-refractivity contribution in [2.45, 2.75) is 18.9 Å². The lowest BCUT2D eigenvalue weighted by Gasteiger charge is -2.23. The van der Waals surface area contributed by atoms with Crippen molar-refractivity contribution in [3.8, 4) is 22.8 Å². The van der Waals surface area contributed by atoms with Crippen molar-refractivity contribution in [2.75, 3.05) is 18.8 Å². The van der Waals surface area contributed by atoms with E-state index in [-0.39, 0.29) is 23.3 Å². The van der Waals surface area contributed by atoms with E-state index in [1.165, 1.54) is 12.4 Å². The fraction of sp³-hybridized carbons (Fsp3) is 0.227. The van der Waals surface area contributed by atoms with Gasteiger partial charge in [0.2, 0.25) is 5.75 Å². The smallest absolute Gasteiger partial charge is 0.312 e. The summed E-state index contributed by atoms with van der Waals surface area (Å²) >= 11 is 0. The molecule has 0 amide bonds. The number of piperidine rings is 1. The number of hydrogen-bond acceptors (Lipinski definition) is 8. The molecule has 10 nitrogen and oxygen atoms in total. The molecule has 1 aliphatic heterocycles. The number of rotatable bonds is 5. The zero-order chi connectivity index (χ0) is 22.1. The van der Waals surface area contributed by atoms with E-state index in [4.69, 9.17) is 15.6 Å². The Balaban J connectivity index is 1.62. The molecule has 0 aliphatic carbocycles. The predicted molar refractivity (Wildman–Crippen MR) is 119 cm³/mol. The standard InChI is InChI=1S/C22H21N7O3/c23-21-19-20(27-28(22(19)26-13-25-21)15-8-10-24-11-9-15)14-6-7-18(17(12-14)29(30)31)32-16-4-2-1-3-5-16/h1-7,12-13,15,24H,8-11H2,(H2,23,25,26). The summed E-state index contributed by atoms with van der Waals surface area (Å²) in [4.78, 5) is 19.9. The summed E-state index contributed by atoms with van der Waals surface area (Å²) < 4.78 is 7.63. The molecule has 5 rings (SSSR count). The number of nitrogens with two attached hydrogens (primary N) is 1. The second-order valence-electron chi connectivity index (χ2n) is 7.59. The Hall–Kier alpha value is -4.05. The predicted octanol–water partition coefficient (Wildman–Crippen LogP) is 3.70. The zero-order valence-electron chi connectivity index (χ0n) is 17.1. The van der Waals surface area contributed by atoms with E-state index in [0.29, 0.717) is 28.0 Å². The number of fused-ring (bicyclic) bond motifs is 1. The number of nitro groups is 1. The van der Waals surface area contributed by atoms with Gasteiger partial charge in [0.15, 0.2) is 5.65 Å². The van der Waals surface area contributed by atoms with Crippen LogP contribution in [0.3, 0.4) is 0 Å². The number of nitrogens with zero attached hydrogens (tertiary/aromatic N) is 5. The van der Waals surface area contributed by atoms with E-state index in [1.807, 2.05) is 10.7 Å². The van der Waals surface area contributed by atoms with E-state index in [1.54, 1.807) is 36.4 Å². The maximum atomic E-state index is 11.8. The van der Waals surface area contributed by atoms with Crippen LogP contribution in [0.15, 0.2) is 54.9 Å². The molecule has 1 fully saturated rings. The lowest BCUT2D eigenvalue weighted by atomic mass is 10.1.